The van der Waals surface area contributed by atoms with Gasteiger partial charge < -0.3 is 19.5 Å². The summed E-state index contributed by atoms with van der Waals surface area (Å²) in [7, 11) is 4.66. The molecule has 0 atom stereocenters. The van der Waals surface area contributed by atoms with E-state index in [1.54, 1.807) is 31.5 Å². The van der Waals surface area contributed by atoms with Crippen LogP contribution in [0.3, 0.4) is 0 Å². The van der Waals surface area contributed by atoms with Crippen LogP contribution in [-0.2, 0) is 6.54 Å². The van der Waals surface area contributed by atoms with Gasteiger partial charge >= 0.3 is 0 Å². The van der Waals surface area contributed by atoms with Gasteiger partial charge in [0.15, 0.2) is 0 Å². The number of anilines is 1. The van der Waals surface area contributed by atoms with E-state index in [9.17, 15) is 4.79 Å². The average molecular weight is 420 g/mol. The van der Waals surface area contributed by atoms with Crippen molar-refractivity contribution in [3.63, 3.8) is 0 Å². The summed E-state index contributed by atoms with van der Waals surface area (Å²) in [5, 5.41) is 5.94. The zero-order chi connectivity index (χ0) is 22.1. The number of hydrogen-bond acceptors (Lipinski definition) is 6. The molecule has 3 rings (SSSR count). The Hall–Kier alpha value is -4.07. The highest BCUT2D eigenvalue weighted by atomic mass is 16.5. The molecule has 0 aliphatic rings. The largest absolute Gasteiger partial charge is 0.497 e. The number of amides is 1. The Morgan fingerprint density at radius 1 is 0.903 bits per heavy atom. The fourth-order valence-electron chi connectivity index (χ4n) is 2.69. The van der Waals surface area contributed by atoms with Crippen LogP contribution in [0.1, 0.15) is 16.1 Å². The quantitative estimate of drug-likeness (QED) is 0.449. The van der Waals surface area contributed by atoms with Gasteiger partial charge in [-0.2, -0.15) is 0 Å². The minimum atomic E-state index is -0.363. The number of nitrogens with one attached hydrogen (secondary N) is 2. The maximum atomic E-state index is 12.9. The number of methoxy groups -OCH3 is 3. The lowest BCUT2D eigenvalue weighted by Crippen LogP contribution is -2.36. The van der Waals surface area contributed by atoms with Crippen LogP contribution in [0.5, 0.6) is 17.2 Å². The summed E-state index contributed by atoms with van der Waals surface area (Å²) in [6, 6.07) is 17.8. The minimum absolute atomic E-state index is 0.280. The molecule has 8 nitrogen and oxygen atoms in total. The van der Waals surface area contributed by atoms with Gasteiger partial charge in [-0.25, -0.2) is 4.99 Å². The molecule has 0 bridgehead atoms. The van der Waals surface area contributed by atoms with Crippen molar-refractivity contribution in [3.8, 4) is 17.2 Å². The van der Waals surface area contributed by atoms with Gasteiger partial charge in [-0.05, 0) is 48.5 Å². The molecule has 1 heterocycles. The van der Waals surface area contributed by atoms with Gasteiger partial charge in [0.2, 0.25) is 5.96 Å². The zero-order valence-corrected chi connectivity index (χ0v) is 17.6. The third kappa shape index (κ3) is 6.20. The van der Waals surface area contributed by atoms with Crippen LogP contribution < -0.4 is 24.8 Å². The van der Waals surface area contributed by atoms with Crippen molar-refractivity contribution in [2.24, 2.45) is 4.99 Å². The molecule has 8 heteroatoms. The van der Waals surface area contributed by atoms with E-state index >= 15 is 0 Å². The van der Waals surface area contributed by atoms with E-state index in [1.807, 2.05) is 42.5 Å². The zero-order valence-electron chi connectivity index (χ0n) is 17.6. The third-order valence-electron chi connectivity index (χ3n) is 4.32. The lowest BCUT2D eigenvalue weighted by Gasteiger charge is -2.13. The molecule has 2 aromatic carbocycles. The van der Waals surface area contributed by atoms with Crippen molar-refractivity contribution in [1.82, 2.24) is 10.3 Å². The van der Waals surface area contributed by atoms with E-state index in [2.05, 4.69) is 20.6 Å². The van der Waals surface area contributed by atoms with Gasteiger partial charge in [-0.1, -0.05) is 6.07 Å². The average Bonchev–Trinajstić information content (AvgIpc) is 2.83. The van der Waals surface area contributed by atoms with Crippen molar-refractivity contribution in [2.45, 2.75) is 6.54 Å². The molecule has 2 N–H and O–H groups in total. The smallest absolute Gasteiger partial charge is 0.258 e. The van der Waals surface area contributed by atoms with Crippen molar-refractivity contribution < 1.29 is 19.0 Å². The first-order chi connectivity index (χ1) is 15.1. The molecule has 0 saturated carbocycles. The molecule has 160 valence electrons. The predicted molar refractivity (Wildman–Crippen MR) is 119 cm³/mol. The summed E-state index contributed by atoms with van der Waals surface area (Å²) in [6.07, 6.45) is 1.70. The molecule has 0 radical (unpaired) electrons. The molecule has 0 aliphatic heterocycles. The minimum Gasteiger partial charge on any atom is -0.497 e. The number of ether oxygens (including phenoxy) is 3. The van der Waals surface area contributed by atoms with Crippen LogP contribution in [0, 0.1) is 0 Å². The van der Waals surface area contributed by atoms with Crippen LogP contribution in [-0.4, -0.2) is 38.2 Å². The molecule has 0 fully saturated rings. The molecule has 1 aromatic heterocycles. The van der Waals surface area contributed by atoms with Gasteiger partial charge in [-0.3, -0.25) is 15.1 Å². The number of guanidine groups is 1. The molecule has 0 saturated heterocycles. The number of benzene rings is 2. The molecular weight excluding hydrogens is 396 g/mol. The first kappa shape index (κ1) is 21.6. The third-order valence-corrected chi connectivity index (χ3v) is 4.32. The summed E-state index contributed by atoms with van der Waals surface area (Å²) < 4.78 is 15.7. The molecule has 1 amide bonds. The van der Waals surface area contributed by atoms with Crippen molar-refractivity contribution in [1.29, 1.82) is 0 Å². The van der Waals surface area contributed by atoms with Crippen molar-refractivity contribution in [3.05, 3.63) is 78.1 Å². The Morgan fingerprint density at radius 2 is 1.58 bits per heavy atom. The van der Waals surface area contributed by atoms with Crippen LogP contribution in [0.2, 0.25) is 0 Å². The van der Waals surface area contributed by atoms with E-state index < -0.39 is 0 Å². The topological polar surface area (TPSA) is 94.1 Å². The summed E-state index contributed by atoms with van der Waals surface area (Å²) in [4.78, 5) is 21.7. The van der Waals surface area contributed by atoms with Crippen LogP contribution in [0.25, 0.3) is 0 Å². The second kappa shape index (κ2) is 10.6. The number of carbonyl (C=O) groups is 1. The molecule has 0 aliphatic carbocycles. The van der Waals surface area contributed by atoms with Crippen molar-refractivity contribution in [2.75, 3.05) is 26.6 Å². The standard InChI is InChI=1S/C23H24N4O4/c1-29-19-9-7-17(8-10-19)26-23(25-15-18-6-4-5-11-24-18)27-22(28)16-12-20(30-2)14-21(13-16)31-3/h4-14H,15H2,1-3H3,(H2,25,26,27,28). The Bertz CT molecular complexity index is 1010. The summed E-state index contributed by atoms with van der Waals surface area (Å²) in [5.41, 5.74) is 1.89. The normalized spacial score (nSPS) is 10.9. The number of nitrogens with zero attached hydrogens (tertiary/aromatic N) is 2. The Morgan fingerprint density at radius 3 is 2.16 bits per heavy atom. The van der Waals surface area contributed by atoms with Crippen LogP contribution >= 0.6 is 0 Å². The lowest BCUT2D eigenvalue weighted by atomic mass is 10.2. The van der Waals surface area contributed by atoms with Crippen molar-refractivity contribution >= 4 is 17.6 Å². The summed E-state index contributed by atoms with van der Waals surface area (Å²) in [6.45, 7) is 0.293. The second-order valence-corrected chi connectivity index (χ2v) is 6.39. The Balaban J connectivity index is 1.83. The van der Waals surface area contributed by atoms with Gasteiger partial charge in [0, 0.05) is 23.5 Å². The fourth-order valence-corrected chi connectivity index (χ4v) is 2.69. The number of aliphatic imine (C=N–C) groups is 1. The molecule has 31 heavy (non-hydrogen) atoms. The summed E-state index contributed by atoms with van der Waals surface area (Å²) >= 11 is 0. The van der Waals surface area contributed by atoms with Crippen LogP contribution in [0.4, 0.5) is 5.69 Å². The lowest BCUT2D eigenvalue weighted by molar-refractivity contribution is 0.0976. The van der Waals surface area contributed by atoms with Gasteiger partial charge in [0.1, 0.15) is 17.2 Å². The molecule has 3 aromatic rings. The maximum absolute atomic E-state index is 12.9. The highest BCUT2D eigenvalue weighted by molar-refractivity contribution is 6.10. The molecule has 0 spiro atoms. The van der Waals surface area contributed by atoms with E-state index in [0.717, 1.165) is 17.1 Å². The second-order valence-electron chi connectivity index (χ2n) is 6.39. The van der Waals surface area contributed by atoms with Gasteiger partial charge in [-0.15, -0.1) is 0 Å². The van der Waals surface area contributed by atoms with Gasteiger partial charge in [0.25, 0.3) is 5.91 Å². The van der Waals surface area contributed by atoms with E-state index in [1.165, 1.54) is 14.2 Å². The molecule has 0 unspecified atom stereocenters. The number of pyridine rings is 1. The van der Waals surface area contributed by atoms with E-state index in [4.69, 9.17) is 14.2 Å². The number of rotatable bonds is 7. The number of carbonyl (C=O) groups excluding carboxylic acids is 1. The monoisotopic (exact) mass is 420 g/mol. The Labute approximate surface area is 180 Å². The van der Waals surface area contributed by atoms with E-state index in [0.29, 0.717) is 23.6 Å². The number of aromatic nitrogens is 1. The number of hydrogen-bond donors (Lipinski definition) is 2. The van der Waals surface area contributed by atoms with Crippen LogP contribution in [0.15, 0.2) is 71.9 Å². The first-order valence-electron chi connectivity index (χ1n) is 9.51. The predicted octanol–water partition coefficient (Wildman–Crippen LogP) is 3.51. The Kier molecular flexibility index (Phi) is 7.42. The maximum Gasteiger partial charge on any atom is 0.258 e. The highest BCUT2D eigenvalue weighted by Gasteiger charge is 2.13. The fraction of sp³-hybridized carbons (Fsp3) is 0.174. The summed E-state index contributed by atoms with van der Waals surface area (Å²) in [5.74, 6) is 1.67. The first-order valence-corrected chi connectivity index (χ1v) is 9.51. The highest BCUT2D eigenvalue weighted by Crippen LogP contribution is 2.22. The van der Waals surface area contributed by atoms with Gasteiger partial charge in [0.05, 0.1) is 33.6 Å². The molecular formula is C23H24N4O4. The SMILES string of the molecule is COc1ccc(NC(=NCc2ccccn2)NC(=O)c2cc(OC)cc(OC)c2)cc1. The van der Waals surface area contributed by atoms with E-state index in [-0.39, 0.29) is 11.9 Å².